The van der Waals surface area contributed by atoms with E-state index in [1.807, 2.05) is 72.8 Å². The molecular weight excluding hydrogens is 1160 g/mol. The molecule has 0 radical (unpaired) electrons. The smallest absolute Gasteiger partial charge is 0.408 e. The summed E-state index contributed by atoms with van der Waals surface area (Å²) < 4.78 is 58.7. The summed E-state index contributed by atoms with van der Waals surface area (Å²) in [5, 5.41) is 25.0. The number of carbonyl (C=O) groups excluding carboxylic acids is 7. The third-order valence-corrected chi connectivity index (χ3v) is 20.0. The Kier molecular flexibility index (Phi) is 20.4. The number of ether oxygens (including phenoxy) is 2. The molecule has 2 aromatic carbocycles. The standard InChI is InChI=1S/C31H42N4O7S.C28H37N3O6.C3H7NO2S/c1-30(2,3)42-29(39)32-24-14-8-6-4-5-7-13-22-18-31(22,28(38)34-43(40,41)23-15-16-23)33-26(36)25-17-20-11-9-10-12-21(20)19-35(25)27(24)37;1-27(2,3)37-26(36)29-21-14-8-6-4-5-7-13-20-16-28(20,25(34)35)30-23(32)22-15-18-11-9-10-12-19(18)17-31(22)24(21)33;4-7(5,6)3-1-2-3/h7,9-13,22-25H,4-6,8,14-19H2,1-3H3,(H,32,39)(H,33,36)(H,34,38);7,9-13,20-22H,4-6,8,14-17H2,1-3H3,(H,29,36)(H,30,32)(H,34,35);3H,1-2H2,(H2,4,5,6)/b2*13-7-;/t22-,24+,25?,31-;20-,21+,22?,28-;/m11./s1. The van der Waals surface area contributed by atoms with E-state index < -0.39 is 114 Å². The summed E-state index contributed by atoms with van der Waals surface area (Å²) in [6.07, 6.45) is 17.0. The highest BCUT2D eigenvalue weighted by atomic mass is 32.2. The number of carboxylic acids is 1. The van der Waals surface area contributed by atoms with Crippen molar-refractivity contribution in [1.82, 2.24) is 35.8 Å². The lowest BCUT2D eigenvalue weighted by Crippen LogP contribution is -2.61. The van der Waals surface area contributed by atoms with Crippen LogP contribution >= 0.6 is 0 Å². The molecule has 0 saturated heterocycles. The van der Waals surface area contributed by atoms with Gasteiger partial charge in [0.05, 0.1) is 10.5 Å². The van der Waals surface area contributed by atoms with Gasteiger partial charge in [0.15, 0.2) is 0 Å². The summed E-state index contributed by atoms with van der Waals surface area (Å²) in [5.41, 5.74) is -0.589. The summed E-state index contributed by atoms with van der Waals surface area (Å²) in [6, 6.07) is 11.5. The summed E-state index contributed by atoms with van der Waals surface area (Å²) in [4.78, 5) is 110. The molecule has 4 fully saturated rings. The number of amides is 7. The lowest BCUT2D eigenvalue weighted by atomic mass is 9.92. The number of hydrogen-bond acceptors (Lipinski definition) is 14. The largest absolute Gasteiger partial charge is 0.479 e. The minimum absolute atomic E-state index is 0.151. The first-order valence-electron chi connectivity index (χ1n) is 30.4. The van der Waals surface area contributed by atoms with E-state index in [4.69, 9.17) is 14.6 Å². The second-order valence-corrected chi connectivity index (χ2v) is 30.1. The van der Waals surface area contributed by atoms with Crippen molar-refractivity contribution >= 4 is 67.7 Å². The Labute approximate surface area is 510 Å². The van der Waals surface area contributed by atoms with Crippen molar-refractivity contribution in [3.05, 3.63) is 95.1 Å². The molecule has 7 amide bonds. The van der Waals surface area contributed by atoms with Crippen LogP contribution in [0.2, 0.25) is 0 Å². The van der Waals surface area contributed by atoms with Crippen LogP contribution in [0.15, 0.2) is 72.8 Å². The summed E-state index contributed by atoms with van der Waals surface area (Å²) in [6.45, 7) is 10.8. The Morgan fingerprint density at radius 1 is 0.586 bits per heavy atom. The minimum atomic E-state index is -3.83. The van der Waals surface area contributed by atoms with Crippen molar-refractivity contribution in [2.75, 3.05) is 0 Å². The minimum Gasteiger partial charge on any atom is -0.479 e. The van der Waals surface area contributed by atoms with Crippen molar-refractivity contribution in [1.29, 1.82) is 0 Å². The highest BCUT2D eigenvalue weighted by Gasteiger charge is 2.63. The van der Waals surface area contributed by atoms with Crippen LogP contribution in [-0.2, 0) is 84.2 Å². The molecule has 4 saturated carbocycles. The zero-order valence-electron chi connectivity index (χ0n) is 50.6. The number of nitrogens with zero attached hydrogens (tertiary/aromatic N) is 2. The first-order valence-corrected chi connectivity index (χ1v) is 33.6. The number of primary sulfonamides is 1. The van der Waals surface area contributed by atoms with Gasteiger partial charge in [-0.1, -0.05) is 98.5 Å². The molecule has 8 aliphatic rings. The number of benzene rings is 2. The third-order valence-electron chi connectivity index (χ3n) is 16.8. The van der Waals surface area contributed by atoms with Crippen LogP contribution in [0.1, 0.15) is 167 Å². The summed E-state index contributed by atoms with van der Waals surface area (Å²) >= 11 is 0. The number of rotatable bonds is 7. The van der Waals surface area contributed by atoms with Crippen molar-refractivity contribution in [3.63, 3.8) is 0 Å². The predicted octanol–water partition coefficient (Wildman–Crippen LogP) is 5.59. The van der Waals surface area contributed by atoms with Gasteiger partial charge in [-0.15, -0.1) is 0 Å². The number of nitrogens with two attached hydrogens (primary N) is 1. The number of hydrogen-bond donors (Lipinski definition) is 7. The number of fused-ring (bicyclic) bond motifs is 6. The molecule has 8 atom stereocenters. The molecule has 10 rings (SSSR count). The topological polar surface area (TPSA) is 336 Å². The van der Waals surface area contributed by atoms with Gasteiger partial charge in [-0.05, 0) is 141 Å². The number of sulfonamides is 2. The van der Waals surface area contributed by atoms with Gasteiger partial charge >= 0.3 is 18.2 Å². The molecule has 2 unspecified atom stereocenters. The van der Waals surface area contributed by atoms with Crippen LogP contribution in [0.5, 0.6) is 0 Å². The van der Waals surface area contributed by atoms with Gasteiger partial charge in [0.25, 0.3) is 5.91 Å². The fourth-order valence-electron chi connectivity index (χ4n) is 11.5. The molecule has 4 aliphatic heterocycles. The van der Waals surface area contributed by atoms with E-state index in [9.17, 15) is 60.3 Å². The van der Waals surface area contributed by atoms with Gasteiger partial charge in [-0.3, -0.25) is 28.7 Å². The molecule has 8 N–H and O–H groups in total. The summed E-state index contributed by atoms with van der Waals surface area (Å²) in [7, 11) is -6.96. The lowest BCUT2D eigenvalue weighted by Gasteiger charge is -2.38. The maximum atomic E-state index is 14.2. The Hall–Kier alpha value is -6.86. The summed E-state index contributed by atoms with van der Waals surface area (Å²) in [5.74, 6) is -4.27. The number of carboxylic acid groups (broad SMARTS) is 1. The molecule has 2 aromatic rings. The molecule has 0 bridgehead atoms. The SMILES string of the molecule is CC(C)(C)OC(=O)N[C@H]1CCCCC/C=C\[C@@H]2C[C@@]2(C(=O)NS(=O)(=O)C2CC2)NC(=O)C2Cc3ccccc3CN2C1=O.CC(C)(C)OC(=O)N[C@H]1CCCCC/C=C\[C@@H]2C[C@@]2(C(=O)O)NC(=O)C2Cc3ccccc3CN2C1=O.NS(=O)(=O)C1CC1. The second-order valence-electron chi connectivity index (χ2n) is 26.3. The maximum absolute atomic E-state index is 14.2. The van der Waals surface area contributed by atoms with Crippen molar-refractivity contribution in [3.8, 4) is 0 Å². The fraction of sp³-hybridized carbons (Fsp3) is 0.613. The number of carbonyl (C=O) groups is 8. The Morgan fingerprint density at radius 3 is 1.38 bits per heavy atom. The molecule has 4 aliphatic carbocycles. The first kappa shape index (κ1) is 66.1. The Balaban J connectivity index is 0.000000204. The van der Waals surface area contributed by atoms with Crippen LogP contribution in [0.4, 0.5) is 9.59 Å². The van der Waals surface area contributed by atoms with Crippen molar-refractivity contribution in [2.45, 2.75) is 227 Å². The van der Waals surface area contributed by atoms with Crippen LogP contribution in [0, 0.1) is 11.8 Å². The quantitative estimate of drug-likeness (QED) is 0.166. The highest BCUT2D eigenvalue weighted by Crippen LogP contribution is 2.47. The van der Waals surface area contributed by atoms with E-state index in [1.54, 1.807) is 41.5 Å². The van der Waals surface area contributed by atoms with Crippen LogP contribution in [-0.4, -0.2) is 136 Å². The molecule has 0 aromatic heterocycles. The molecule has 87 heavy (non-hydrogen) atoms. The van der Waals surface area contributed by atoms with Gasteiger partial charge in [0.1, 0.15) is 46.4 Å². The lowest BCUT2D eigenvalue weighted by molar-refractivity contribution is -0.147. The molecule has 4 heterocycles. The van der Waals surface area contributed by atoms with E-state index in [0.29, 0.717) is 44.9 Å². The van der Waals surface area contributed by atoms with Crippen LogP contribution in [0.25, 0.3) is 0 Å². The average molecular weight is 1250 g/mol. The molecule has 0 spiro atoms. The number of allylic oxidation sites excluding steroid dienone is 2. The van der Waals surface area contributed by atoms with E-state index >= 15 is 0 Å². The monoisotopic (exact) mass is 1250 g/mol. The number of aliphatic carboxylic acids is 1. The first-order chi connectivity index (χ1) is 40.9. The van der Waals surface area contributed by atoms with Gasteiger partial charge in [-0.2, -0.15) is 0 Å². The normalized spacial score (nSPS) is 28.5. The highest BCUT2D eigenvalue weighted by molar-refractivity contribution is 7.91. The predicted molar refractivity (Wildman–Crippen MR) is 322 cm³/mol. The van der Waals surface area contributed by atoms with E-state index in [-0.39, 0.29) is 55.3 Å². The van der Waals surface area contributed by atoms with Gasteiger partial charge in [-0.25, -0.2) is 36.4 Å². The van der Waals surface area contributed by atoms with E-state index in [2.05, 4.69) is 26.0 Å². The molecule has 476 valence electrons. The maximum Gasteiger partial charge on any atom is 0.408 e. The molecule has 25 heteroatoms. The van der Waals surface area contributed by atoms with Gasteiger partial charge in [0.2, 0.25) is 43.7 Å². The van der Waals surface area contributed by atoms with E-state index in [0.717, 1.165) is 73.6 Å². The third kappa shape index (κ3) is 17.5. The van der Waals surface area contributed by atoms with Crippen LogP contribution in [0.3, 0.4) is 0 Å². The van der Waals surface area contributed by atoms with Gasteiger partial charge < -0.3 is 45.6 Å². The number of nitrogens with one attached hydrogen (secondary N) is 5. The van der Waals surface area contributed by atoms with Crippen molar-refractivity contribution < 1.29 is 69.8 Å². The number of alkyl carbamates (subject to hydrolysis) is 2. The van der Waals surface area contributed by atoms with Gasteiger partial charge in [0, 0.05) is 37.8 Å². The van der Waals surface area contributed by atoms with Crippen molar-refractivity contribution in [2.24, 2.45) is 17.0 Å². The zero-order chi connectivity index (χ0) is 63.3. The zero-order valence-corrected chi connectivity index (χ0v) is 52.3. The second kappa shape index (κ2) is 26.9. The Bertz CT molecular complexity index is 3240. The molecule has 23 nitrogen and oxygen atoms in total. The van der Waals surface area contributed by atoms with E-state index in [1.165, 1.54) is 9.80 Å². The molecular formula is C62H86N8O15S2. The van der Waals surface area contributed by atoms with Crippen LogP contribution < -0.4 is 31.1 Å². The fourth-order valence-corrected chi connectivity index (χ4v) is 13.7. The Morgan fingerprint density at radius 2 is 0.989 bits per heavy atom. The average Bonchev–Trinajstić information content (AvgIpc) is 1.62.